The van der Waals surface area contributed by atoms with Crippen molar-refractivity contribution >= 4 is 44.3 Å². The second-order valence-corrected chi connectivity index (χ2v) is 11.4. The third-order valence-corrected chi connectivity index (χ3v) is 7.56. The van der Waals surface area contributed by atoms with E-state index in [9.17, 15) is 13.8 Å². The van der Waals surface area contributed by atoms with E-state index in [1.807, 2.05) is 49.7 Å². The molecule has 192 valence electrons. The van der Waals surface area contributed by atoms with Gasteiger partial charge in [-0.3, -0.25) is 27.8 Å². The molecule has 1 aromatic carbocycles. The number of nitrogens with zero attached hydrogens (tertiary/aromatic N) is 6. The summed E-state index contributed by atoms with van der Waals surface area (Å²) in [7, 11) is 2.11. The number of pyridine rings is 1. The SMILES string of the molecule is CC(C)Cn1c(=O)n(C)c(=O)c2c(-c3cc(S(C)=O)cn3C)n(Cc3ccnc4ccc(Cl)cc34)nc21. The van der Waals surface area contributed by atoms with Crippen molar-refractivity contribution < 1.29 is 4.21 Å². The maximum atomic E-state index is 13.6. The van der Waals surface area contributed by atoms with Crippen molar-refractivity contribution in [3.63, 3.8) is 0 Å². The van der Waals surface area contributed by atoms with Gasteiger partial charge in [0.2, 0.25) is 0 Å². The molecule has 0 spiro atoms. The lowest BCUT2D eigenvalue weighted by atomic mass is 10.1. The maximum absolute atomic E-state index is 13.6. The van der Waals surface area contributed by atoms with E-state index in [0.717, 1.165) is 21.0 Å². The Morgan fingerprint density at radius 2 is 1.86 bits per heavy atom. The monoisotopic (exact) mass is 538 g/mol. The minimum atomic E-state index is -1.22. The average molecular weight is 539 g/mol. The van der Waals surface area contributed by atoms with Crippen molar-refractivity contribution in [2.45, 2.75) is 31.8 Å². The molecule has 0 saturated carbocycles. The maximum Gasteiger partial charge on any atom is 0.332 e. The highest BCUT2D eigenvalue weighted by molar-refractivity contribution is 7.84. The van der Waals surface area contributed by atoms with E-state index in [1.54, 1.807) is 34.0 Å². The summed E-state index contributed by atoms with van der Waals surface area (Å²) in [6.45, 7) is 4.73. The standard InChI is InChI=1S/C26H27ClN6O3S/c1-15(2)12-32-24-22(25(34)31(4)26(32)35)23(21-11-18(37(5)36)14-30(21)3)33(29-24)13-16-8-9-28-20-7-6-17(27)10-19(16)20/h6-11,14-15H,12-13H2,1-5H3. The number of benzene rings is 1. The quantitative estimate of drug-likeness (QED) is 0.329. The molecule has 0 amide bonds. The molecule has 9 nitrogen and oxygen atoms in total. The van der Waals surface area contributed by atoms with Gasteiger partial charge in [0.05, 0.1) is 33.5 Å². The van der Waals surface area contributed by atoms with Crippen LogP contribution in [0.3, 0.4) is 0 Å². The predicted molar refractivity (Wildman–Crippen MR) is 147 cm³/mol. The minimum Gasteiger partial charge on any atom is -0.348 e. The van der Waals surface area contributed by atoms with Crippen LogP contribution in [0.1, 0.15) is 19.4 Å². The van der Waals surface area contributed by atoms with Gasteiger partial charge in [-0.05, 0) is 41.8 Å². The Balaban J connectivity index is 1.87. The highest BCUT2D eigenvalue weighted by Crippen LogP contribution is 2.30. The highest BCUT2D eigenvalue weighted by Gasteiger charge is 2.25. The molecule has 4 aromatic heterocycles. The van der Waals surface area contributed by atoms with Gasteiger partial charge in [-0.15, -0.1) is 0 Å². The Hall–Kier alpha value is -3.50. The molecule has 0 aliphatic carbocycles. The molecule has 5 rings (SSSR count). The minimum absolute atomic E-state index is 0.155. The van der Waals surface area contributed by atoms with Crippen LogP contribution in [0.15, 0.2) is 57.2 Å². The highest BCUT2D eigenvalue weighted by atomic mass is 35.5. The van der Waals surface area contributed by atoms with Crippen molar-refractivity contribution in [3.05, 3.63) is 74.1 Å². The molecule has 4 heterocycles. The Kier molecular flexibility index (Phi) is 6.41. The van der Waals surface area contributed by atoms with Gasteiger partial charge in [-0.1, -0.05) is 25.4 Å². The van der Waals surface area contributed by atoms with Gasteiger partial charge in [0.25, 0.3) is 5.56 Å². The van der Waals surface area contributed by atoms with Gasteiger partial charge in [-0.25, -0.2) is 4.79 Å². The number of aromatic nitrogens is 6. The lowest BCUT2D eigenvalue weighted by Crippen LogP contribution is -2.38. The average Bonchev–Trinajstić information content (AvgIpc) is 3.41. The summed E-state index contributed by atoms with van der Waals surface area (Å²) < 4.78 is 18.6. The lowest BCUT2D eigenvalue weighted by molar-refractivity contribution is 0.498. The van der Waals surface area contributed by atoms with Crippen LogP contribution < -0.4 is 11.2 Å². The molecule has 0 N–H and O–H groups in total. The van der Waals surface area contributed by atoms with Gasteiger partial charge in [0, 0.05) is 49.7 Å². The first-order chi connectivity index (χ1) is 17.6. The van der Waals surface area contributed by atoms with Crippen LogP contribution in [0.4, 0.5) is 0 Å². The van der Waals surface area contributed by atoms with Gasteiger partial charge in [-0.2, -0.15) is 5.10 Å². The summed E-state index contributed by atoms with van der Waals surface area (Å²) in [5.41, 5.74) is 2.42. The zero-order valence-corrected chi connectivity index (χ0v) is 22.8. The number of hydrogen-bond donors (Lipinski definition) is 0. The molecule has 1 unspecified atom stereocenters. The Labute approximate surface area is 220 Å². The molecular weight excluding hydrogens is 512 g/mol. The fourth-order valence-electron chi connectivity index (χ4n) is 4.67. The van der Waals surface area contributed by atoms with Crippen molar-refractivity contribution in [2.75, 3.05) is 6.26 Å². The normalized spacial score (nSPS) is 12.7. The van der Waals surface area contributed by atoms with E-state index in [2.05, 4.69) is 4.98 Å². The summed E-state index contributed by atoms with van der Waals surface area (Å²) in [4.78, 5) is 31.8. The first-order valence-corrected chi connectivity index (χ1v) is 13.7. The molecule has 37 heavy (non-hydrogen) atoms. The predicted octanol–water partition coefficient (Wildman–Crippen LogP) is 3.55. The third-order valence-electron chi connectivity index (χ3n) is 6.44. The van der Waals surface area contributed by atoms with Crippen LogP contribution in [0.2, 0.25) is 5.02 Å². The van der Waals surface area contributed by atoms with Crippen molar-refractivity contribution in [2.24, 2.45) is 20.0 Å². The van der Waals surface area contributed by atoms with E-state index < -0.39 is 22.0 Å². The summed E-state index contributed by atoms with van der Waals surface area (Å²) in [6.07, 6.45) is 5.12. The van der Waals surface area contributed by atoms with E-state index in [-0.39, 0.29) is 5.92 Å². The topological polar surface area (TPSA) is 96.7 Å². The molecule has 0 aliphatic heterocycles. The summed E-state index contributed by atoms with van der Waals surface area (Å²) in [5, 5.41) is 6.65. The van der Waals surface area contributed by atoms with Crippen LogP contribution >= 0.6 is 11.6 Å². The van der Waals surface area contributed by atoms with Gasteiger partial charge < -0.3 is 4.57 Å². The largest absolute Gasteiger partial charge is 0.348 e. The Morgan fingerprint density at radius 1 is 1.11 bits per heavy atom. The molecular formula is C26H27ClN6O3S. The second-order valence-electron chi connectivity index (χ2n) is 9.61. The summed E-state index contributed by atoms with van der Waals surface area (Å²) >= 11 is 6.30. The van der Waals surface area contributed by atoms with E-state index in [4.69, 9.17) is 16.7 Å². The van der Waals surface area contributed by atoms with Gasteiger partial charge in [0.1, 0.15) is 11.1 Å². The number of hydrogen-bond acceptors (Lipinski definition) is 5. The van der Waals surface area contributed by atoms with Crippen LogP contribution in [-0.2, 0) is 38.0 Å². The number of fused-ring (bicyclic) bond motifs is 2. The van der Waals surface area contributed by atoms with E-state index >= 15 is 0 Å². The van der Waals surface area contributed by atoms with Gasteiger partial charge in [0.15, 0.2) is 5.65 Å². The zero-order chi connectivity index (χ0) is 26.6. The molecule has 0 bridgehead atoms. The smallest absolute Gasteiger partial charge is 0.332 e. The molecule has 1 atom stereocenters. The molecule has 5 aromatic rings. The van der Waals surface area contributed by atoms with Crippen LogP contribution in [0.5, 0.6) is 0 Å². The van der Waals surface area contributed by atoms with E-state index in [1.165, 1.54) is 7.05 Å². The Bertz CT molecular complexity index is 1830. The molecule has 0 fully saturated rings. The molecule has 0 saturated heterocycles. The van der Waals surface area contributed by atoms with E-state index in [0.29, 0.717) is 45.4 Å². The summed E-state index contributed by atoms with van der Waals surface area (Å²) in [6, 6.07) is 9.21. The molecule has 11 heteroatoms. The fraction of sp³-hybridized carbons (Fsp3) is 0.308. The Morgan fingerprint density at radius 3 is 2.54 bits per heavy atom. The third kappa shape index (κ3) is 4.34. The summed E-state index contributed by atoms with van der Waals surface area (Å²) in [5.74, 6) is 0.155. The van der Waals surface area contributed by atoms with Crippen LogP contribution in [0.25, 0.3) is 33.3 Å². The first-order valence-electron chi connectivity index (χ1n) is 11.8. The zero-order valence-electron chi connectivity index (χ0n) is 21.2. The van der Waals surface area contributed by atoms with Crippen LogP contribution in [0, 0.1) is 5.92 Å². The van der Waals surface area contributed by atoms with Crippen molar-refractivity contribution in [1.29, 1.82) is 0 Å². The van der Waals surface area contributed by atoms with Crippen molar-refractivity contribution in [3.8, 4) is 11.4 Å². The number of rotatable bonds is 6. The van der Waals surface area contributed by atoms with Gasteiger partial charge >= 0.3 is 5.69 Å². The number of halogens is 1. The molecule has 0 radical (unpaired) electrons. The first kappa shape index (κ1) is 25.2. The number of aryl methyl sites for hydroxylation is 1. The van der Waals surface area contributed by atoms with Crippen LogP contribution in [-0.4, -0.2) is 38.9 Å². The second kappa shape index (κ2) is 9.42. The lowest BCUT2D eigenvalue weighted by Gasteiger charge is -2.11. The fourth-order valence-corrected chi connectivity index (χ4v) is 5.42. The molecule has 0 aliphatic rings. The van der Waals surface area contributed by atoms with Crippen molar-refractivity contribution in [1.82, 2.24) is 28.5 Å².